The number of nitrogens with one attached hydrogen (secondary N) is 1. The lowest BCUT2D eigenvalue weighted by Gasteiger charge is -2.06. The quantitative estimate of drug-likeness (QED) is 0.673. The Morgan fingerprint density at radius 2 is 2.12 bits per heavy atom. The van der Waals surface area contributed by atoms with E-state index in [9.17, 15) is 9.59 Å². The summed E-state index contributed by atoms with van der Waals surface area (Å²) in [6, 6.07) is 6.83. The predicted molar refractivity (Wildman–Crippen MR) is 69.9 cm³/mol. The van der Waals surface area contributed by atoms with Gasteiger partial charge in [0.05, 0.1) is 0 Å². The molecule has 1 N–H and O–H groups in total. The van der Waals surface area contributed by atoms with Crippen LogP contribution in [-0.2, 0) is 9.59 Å². The zero-order valence-electron chi connectivity index (χ0n) is 8.85. The minimum atomic E-state index is -0.492. The number of carbonyl (C=O) groups excluding carboxylic acids is 2. The molecule has 0 bridgehead atoms. The van der Waals surface area contributed by atoms with Crippen LogP contribution >= 0.6 is 23.4 Å². The molecule has 0 radical (unpaired) electrons. The summed E-state index contributed by atoms with van der Waals surface area (Å²) >= 11 is 7.32. The lowest BCUT2D eigenvalue weighted by Crippen LogP contribution is -2.32. The second-order valence-corrected chi connectivity index (χ2v) is 5.03. The maximum atomic E-state index is 11.4. The number of hydrogen-bond acceptors (Lipinski definition) is 4. The van der Waals surface area contributed by atoms with Crippen molar-refractivity contribution in [2.45, 2.75) is 6.04 Å². The number of carbonyl (C=O) groups is 2. The van der Waals surface area contributed by atoms with Crippen molar-refractivity contribution in [3.63, 3.8) is 0 Å². The number of hydrogen-bond donors (Lipinski definition) is 1. The zero-order valence-corrected chi connectivity index (χ0v) is 10.4. The number of ketones is 1. The number of aldehydes is 1. The van der Waals surface area contributed by atoms with Crippen molar-refractivity contribution in [3.8, 4) is 0 Å². The van der Waals surface area contributed by atoms with Gasteiger partial charge < -0.3 is 0 Å². The van der Waals surface area contributed by atoms with Crippen molar-refractivity contribution in [2.24, 2.45) is 0 Å². The second kappa shape index (κ2) is 5.49. The van der Waals surface area contributed by atoms with Crippen molar-refractivity contribution in [1.82, 2.24) is 5.32 Å². The van der Waals surface area contributed by atoms with E-state index in [1.165, 1.54) is 11.8 Å². The minimum Gasteiger partial charge on any atom is -0.295 e. The molecule has 1 aliphatic heterocycles. The third kappa shape index (κ3) is 2.97. The standard InChI is InChI=1S/C12H10ClNO2S/c13-9-3-1-8(2-4-9)5-11-12(10(16)6-15)14-7-17-11/h1-6,12,14H,7H2. The van der Waals surface area contributed by atoms with Crippen LogP contribution in [0.4, 0.5) is 0 Å². The Hall–Kier alpha value is -1.10. The SMILES string of the molecule is O=CC(=O)C1NCSC1=Cc1ccc(Cl)cc1. The summed E-state index contributed by atoms with van der Waals surface area (Å²) in [5.41, 5.74) is 0.962. The number of halogens is 1. The molecule has 1 heterocycles. The fraction of sp³-hybridized carbons (Fsp3) is 0.167. The number of thioether (sulfide) groups is 1. The van der Waals surface area contributed by atoms with Gasteiger partial charge in [0, 0.05) is 15.8 Å². The third-order valence-electron chi connectivity index (χ3n) is 2.39. The fourth-order valence-corrected chi connectivity index (χ4v) is 2.68. The molecular weight excluding hydrogens is 258 g/mol. The van der Waals surface area contributed by atoms with Gasteiger partial charge in [0.1, 0.15) is 6.04 Å². The van der Waals surface area contributed by atoms with Crippen LogP contribution in [0.1, 0.15) is 5.56 Å². The molecular formula is C12H10ClNO2S. The van der Waals surface area contributed by atoms with Gasteiger partial charge in [-0.2, -0.15) is 0 Å². The molecule has 5 heteroatoms. The van der Waals surface area contributed by atoms with Crippen molar-refractivity contribution in [1.29, 1.82) is 0 Å². The molecule has 0 spiro atoms. The molecule has 1 fully saturated rings. The molecule has 88 valence electrons. The van der Waals surface area contributed by atoms with Crippen molar-refractivity contribution in [3.05, 3.63) is 39.8 Å². The van der Waals surface area contributed by atoms with Crippen LogP contribution in [0.15, 0.2) is 29.2 Å². The first-order valence-corrected chi connectivity index (χ1v) is 6.39. The smallest absolute Gasteiger partial charge is 0.217 e. The molecule has 3 nitrogen and oxygen atoms in total. The topological polar surface area (TPSA) is 46.2 Å². The Bertz CT molecular complexity index is 470. The molecule has 0 saturated carbocycles. The molecule has 1 atom stereocenters. The normalized spacial score (nSPS) is 21.7. The average molecular weight is 268 g/mol. The van der Waals surface area contributed by atoms with E-state index >= 15 is 0 Å². The van der Waals surface area contributed by atoms with Crippen LogP contribution in [-0.4, -0.2) is 24.0 Å². The highest BCUT2D eigenvalue weighted by Gasteiger charge is 2.27. The van der Waals surface area contributed by atoms with E-state index in [0.29, 0.717) is 17.2 Å². The summed E-state index contributed by atoms with van der Waals surface area (Å²) in [6.45, 7) is 0. The van der Waals surface area contributed by atoms with Gasteiger partial charge in [0.25, 0.3) is 0 Å². The molecule has 1 saturated heterocycles. The average Bonchev–Trinajstić information content (AvgIpc) is 2.79. The molecule has 0 amide bonds. The van der Waals surface area contributed by atoms with Gasteiger partial charge in [-0.15, -0.1) is 11.8 Å². The van der Waals surface area contributed by atoms with E-state index in [0.717, 1.165) is 10.5 Å². The molecule has 0 aliphatic carbocycles. The summed E-state index contributed by atoms with van der Waals surface area (Å²) in [7, 11) is 0. The lowest BCUT2D eigenvalue weighted by atomic mass is 10.1. The van der Waals surface area contributed by atoms with Gasteiger partial charge in [-0.3, -0.25) is 14.9 Å². The molecule has 17 heavy (non-hydrogen) atoms. The number of benzene rings is 1. The first kappa shape index (κ1) is 12.4. The summed E-state index contributed by atoms with van der Waals surface area (Å²) in [5, 5.41) is 3.65. The number of rotatable bonds is 3. The second-order valence-electron chi connectivity index (χ2n) is 3.54. The maximum absolute atomic E-state index is 11.4. The maximum Gasteiger partial charge on any atom is 0.217 e. The molecule has 1 aromatic rings. The molecule has 2 rings (SSSR count). The van der Waals surface area contributed by atoms with Gasteiger partial charge in [-0.05, 0) is 23.8 Å². The Morgan fingerprint density at radius 1 is 1.41 bits per heavy atom. The highest BCUT2D eigenvalue weighted by molar-refractivity contribution is 8.03. The number of Topliss-reactive ketones (excluding diaryl/α,β-unsaturated/α-hetero) is 1. The fourth-order valence-electron chi connectivity index (χ4n) is 1.55. The van der Waals surface area contributed by atoms with E-state index in [-0.39, 0.29) is 0 Å². The Morgan fingerprint density at radius 3 is 2.76 bits per heavy atom. The summed E-state index contributed by atoms with van der Waals surface area (Å²) < 4.78 is 0. The van der Waals surface area contributed by atoms with E-state index in [2.05, 4.69) is 5.32 Å². The highest BCUT2D eigenvalue weighted by Crippen LogP contribution is 2.28. The van der Waals surface area contributed by atoms with Crippen molar-refractivity contribution in [2.75, 3.05) is 5.88 Å². The first-order chi connectivity index (χ1) is 8.20. The summed E-state index contributed by atoms with van der Waals surface area (Å²) in [4.78, 5) is 22.7. The zero-order chi connectivity index (χ0) is 12.3. The van der Waals surface area contributed by atoms with Gasteiger partial charge >= 0.3 is 0 Å². The van der Waals surface area contributed by atoms with E-state index in [1.807, 2.05) is 18.2 Å². The van der Waals surface area contributed by atoms with E-state index in [1.54, 1.807) is 12.1 Å². The van der Waals surface area contributed by atoms with Crippen molar-refractivity contribution >= 4 is 41.5 Å². The van der Waals surface area contributed by atoms with Gasteiger partial charge in [0.15, 0.2) is 6.29 Å². The van der Waals surface area contributed by atoms with Crippen LogP contribution in [0.25, 0.3) is 6.08 Å². The van der Waals surface area contributed by atoms with Crippen LogP contribution in [0.5, 0.6) is 0 Å². The van der Waals surface area contributed by atoms with E-state index < -0.39 is 11.8 Å². The molecule has 1 unspecified atom stereocenters. The largest absolute Gasteiger partial charge is 0.295 e. The van der Waals surface area contributed by atoms with Gasteiger partial charge in [0.2, 0.25) is 5.78 Å². The Balaban J connectivity index is 2.23. The van der Waals surface area contributed by atoms with Crippen LogP contribution in [0, 0.1) is 0 Å². The van der Waals surface area contributed by atoms with Gasteiger partial charge in [-0.1, -0.05) is 23.7 Å². The highest BCUT2D eigenvalue weighted by atomic mass is 35.5. The lowest BCUT2D eigenvalue weighted by molar-refractivity contribution is -0.130. The molecule has 0 aromatic heterocycles. The summed E-state index contributed by atoms with van der Waals surface area (Å²) in [6.07, 6.45) is 2.26. The molecule has 1 aromatic carbocycles. The summed E-state index contributed by atoms with van der Waals surface area (Å²) in [5.74, 6) is 0.208. The van der Waals surface area contributed by atoms with Crippen LogP contribution in [0.2, 0.25) is 5.02 Å². The minimum absolute atomic E-state index is 0.360. The predicted octanol–water partition coefficient (Wildman–Crippen LogP) is 2.11. The Labute approximate surface area is 108 Å². The van der Waals surface area contributed by atoms with E-state index in [4.69, 9.17) is 11.6 Å². The monoisotopic (exact) mass is 267 g/mol. The van der Waals surface area contributed by atoms with Crippen LogP contribution in [0.3, 0.4) is 0 Å². The molecule has 1 aliphatic rings. The first-order valence-electron chi connectivity index (χ1n) is 5.03. The van der Waals surface area contributed by atoms with Gasteiger partial charge in [-0.25, -0.2) is 0 Å². The third-order valence-corrected chi connectivity index (χ3v) is 3.64. The van der Waals surface area contributed by atoms with Crippen LogP contribution < -0.4 is 5.32 Å². The van der Waals surface area contributed by atoms with Crippen molar-refractivity contribution < 1.29 is 9.59 Å². The Kier molecular flexibility index (Phi) is 3.99.